The van der Waals surface area contributed by atoms with Crippen molar-refractivity contribution in [1.82, 2.24) is 0 Å². The average molecular weight is 332 g/mol. The molecule has 0 fully saturated rings. The van der Waals surface area contributed by atoms with Crippen LogP contribution in [0.3, 0.4) is 0 Å². The monoisotopic (exact) mass is 332 g/mol. The normalized spacial score (nSPS) is 13.2. The summed E-state index contributed by atoms with van der Waals surface area (Å²) in [5.74, 6) is -0.0691. The van der Waals surface area contributed by atoms with Crippen LogP contribution in [-0.4, -0.2) is 44.9 Å². The van der Waals surface area contributed by atoms with E-state index < -0.39 is 20.7 Å². The lowest BCUT2D eigenvalue weighted by Crippen LogP contribution is -2.06. The van der Waals surface area contributed by atoms with Crippen LogP contribution in [0.1, 0.15) is 12.0 Å². The highest BCUT2D eigenvalue weighted by molar-refractivity contribution is 7.92. The molecule has 0 aromatic heterocycles. The highest BCUT2D eigenvalue weighted by Gasteiger charge is 2.14. The predicted octanol–water partition coefficient (Wildman–Crippen LogP) is 1.63. The molecular formula is C12H16N2O7S. The molecule has 9 nitrogen and oxygen atoms in total. The molecule has 1 amide bonds. The number of amides is 1. The van der Waals surface area contributed by atoms with E-state index in [2.05, 4.69) is 4.36 Å². The number of aliphatic hydroxyl groups is 1. The van der Waals surface area contributed by atoms with E-state index in [1.54, 1.807) is 0 Å². The van der Waals surface area contributed by atoms with Crippen molar-refractivity contribution in [2.45, 2.75) is 12.2 Å². The molecule has 0 radical (unpaired) electrons. The number of nitrogens with zero attached hydrogens (tertiary/aromatic N) is 2. The molecule has 1 aromatic rings. The summed E-state index contributed by atoms with van der Waals surface area (Å²) in [7, 11) is -3.06. The van der Waals surface area contributed by atoms with Crippen molar-refractivity contribution in [1.29, 1.82) is 0 Å². The molecule has 22 heavy (non-hydrogen) atoms. The van der Waals surface area contributed by atoms with Gasteiger partial charge in [0.05, 0.1) is 33.1 Å². The van der Waals surface area contributed by atoms with Crippen LogP contribution in [0.25, 0.3) is 0 Å². The SMILES string of the molecule is CS(=O)(Cc1cc(OCCCO)cc([N+](=O)[O-])c1)=NC(=O)O. The largest absolute Gasteiger partial charge is 0.493 e. The fraction of sp³-hybridized carbons (Fsp3) is 0.417. The van der Waals surface area contributed by atoms with Crippen molar-refractivity contribution in [3.05, 3.63) is 33.9 Å². The van der Waals surface area contributed by atoms with Crippen molar-refractivity contribution in [2.75, 3.05) is 19.5 Å². The van der Waals surface area contributed by atoms with Gasteiger partial charge < -0.3 is 14.9 Å². The maximum absolute atomic E-state index is 12.0. The second kappa shape index (κ2) is 7.71. The van der Waals surface area contributed by atoms with Crippen molar-refractivity contribution in [3.63, 3.8) is 0 Å². The van der Waals surface area contributed by atoms with Crippen LogP contribution in [0.2, 0.25) is 0 Å². The van der Waals surface area contributed by atoms with Gasteiger partial charge in [-0.15, -0.1) is 4.36 Å². The number of ether oxygens (including phenoxy) is 1. The van der Waals surface area contributed by atoms with Crippen molar-refractivity contribution >= 4 is 21.5 Å². The number of benzene rings is 1. The van der Waals surface area contributed by atoms with Crippen LogP contribution in [0.4, 0.5) is 10.5 Å². The topological polar surface area (TPSA) is 139 Å². The zero-order valence-electron chi connectivity index (χ0n) is 11.8. The molecule has 2 N–H and O–H groups in total. The van der Waals surface area contributed by atoms with Crippen LogP contribution < -0.4 is 4.74 Å². The van der Waals surface area contributed by atoms with Gasteiger partial charge in [0.1, 0.15) is 5.75 Å². The first kappa shape index (κ1) is 17.9. The molecule has 122 valence electrons. The lowest BCUT2D eigenvalue weighted by molar-refractivity contribution is -0.385. The Bertz CT molecular complexity index is 680. The van der Waals surface area contributed by atoms with Gasteiger partial charge in [0.15, 0.2) is 0 Å². The van der Waals surface area contributed by atoms with E-state index in [4.69, 9.17) is 14.9 Å². The first-order chi connectivity index (χ1) is 10.2. The number of nitro groups is 1. The first-order valence-electron chi connectivity index (χ1n) is 6.18. The quantitative estimate of drug-likeness (QED) is 0.439. The van der Waals surface area contributed by atoms with Gasteiger partial charge in [-0.2, -0.15) is 0 Å². The van der Waals surface area contributed by atoms with Crippen molar-refractivity contribution < 1.29 is 28.9 Å². The van der Waals surface area contributed by atoms with Crippen molar-refractivity contribution in [2.24, 2.45) is 4.36 Å². The lowest BCUT2D eigenvalue weighted by atomic mass is 10.2. The molecule has 1 atom stereocenters. The van der Waals surface area contributed by atoms with Gasteiger partial charge >= 0.3 is 6.09 Å². The zero-order valence-corrected chi connectivity index (χ0v) is 12.6. The first-order valence-corrected chi connectivity index (χ1v) is 8.27. The molecule has 1 aromatic carbocycles. The number of carboxylic acid groups (broad SMARTS) is 1. The minimum Gasteiger partial charge on any atom is -0.493 e. The maximum atomic E-state index is 12.0. The Labute approximate surface area is 126 Å². The fourth-order valence-electron chi connectivity index (χ4n) is 1.68. The molecule has 0 spiro atoms. The lowest BCUT2D eigenvalue weighted by Gasteiger charge is -2.08. The number of hydrogen-bond acceptors (Lipinski definition) is 6. The highest BCUT2D eigenvalue weighted by atomic mass is 32.2. The highest BCUT2D eigenvalue weighted by Crippen LogP contribution is 2.24. The number of aliphatic hydroxyl groups excluding tert-OH is 1. The zero-order chi connectivity index (χ0) is 16.8. The minimum atomic E-state index is -3.06. The van der Waals surface area contributed by atoms with Crippen LogP contribution in [0.15, 0.2) is 22.6 Å². The summed E-state index contributed by atoms with van der Waals surface area (Å²) in [6.07, 6.45) is -0.0410. The Morgan fingerprint density at radius 3 is 2.68 bits per heavy atom. The van der Waals surface area contributed by atoms with Crippen LogP contribution in [-0.2, 0) is 15.5 Å². The number of nitro benzene ring substituents is 1. The Kier molecular flexibility index (Phi) is 6.25. The van der Waals surface area contributed by atoms with E-state index in [0.717, 1.165) is 6.26 Å². The Hall–Kier alpha value is -2.20. The summed E-state index contributed by atoms with van der Waals surface area (Å²) in [4.78, 5) is 20.8. The van der Waals surface area contributed by atoms with E-state index in [0.29, 0.717) is 6.42 Å². The van der Waals surface area contributed by atoms with Crippen LogP contribution in [0.5, 0.6) is 5.75 Å². The summed E-state index contributed by atoms with van der Waals surface area (Å²) < 4.78 is 20.4. The fourth-order valence-corrected chi connectivity index (χ4v) is 2.86. The van der Waals surface area contributed by atoms with Crippen LogP contribution in [0, 0.1) is 10.1 Å². The van der Waals surface area contributed by atoms with Gasteiger partial charge in [0.25, 0.3) is 5.69 Å². The molecular weight excluding hydrogens is 316 g/mol. The Morgan fingerprint density at radius 1 is 1.45 bits per heavy atom. The molecule has 0 aliphatic rings. The molecule has 0 aliphatic heterocycles. The third-order valence-electron chi connectivity index (χ3n) is 2.44. The third-order valence-corrected chi connectivity index (χ3v) is 3.85. The smallest absolute Gasteiger partial charge is 0.439 e. The summed E-state index contributed by atoms with van der Waals surface area (Å²) >= 11 is 0. The van der Waals surface area contributed by atoms with Crippen LogP contribution >= 0.6 is 0 Å². The number of rotatable bonds is 7. The van der Waals surface area contributed by atoms with Gasteiger partial charge in [0.2, 0.25) is 0 Å². The molecule has 0 aliphatic carbocycles. The Balaban J connectivity index is 3.10. The second-order valence-electron chi connectivity index (χ2n) is 4.50. The maximum Gasteiger partial charge on any atom is 0.439 e. The van der Waals surface area contributed by atoms with Gasteiger partial charge in [-0.3, -0.25) is 10.1 Å². The van der Waals surface area contributed by atoms with Crippen molar-refractivity contribution in [3.8, 4) is 5.75 Å². The van der Waals surface area contributed by atoms with E-state index >= 15 is 0 Å². The molecule has 0 heterocycles. The summed E-state index contributed by atoms with van der Waals surface area (Å²) in [6, 6.07) is 3.83. The van der Waals surface area contributed by atoms with E-state index in [1.807, 2.05) is 0 Å². The number of hydrogen-bond donors (Lipinski definition) is 2. The number of carbonyl (C=O) groups is 1. The van der Waals surface area contributed by atoms with E-state index in [1.165, 1.54) is 18.2 Å². The summed E-state index contributed by atoms with van der Waals surface area (Å²) in [5.41, 5.74) is 0.0210. The molecule has 1 rings (SSSR count). The second-order valence-corrected chi connectivity index (χ2v) is 6.89. The summed E-state index contributed by atoms with van der Waals surface area (Å²) in [5, 5.41) is 28.1. The molecule has 0 saturated carbocycles. The third kappa shape index (κ3) is 6.06. The molecule has 0 bridgehead atoms. The average Bonchev–Trinajstić information content (AvgIpc) is 2.36. The van der Waals surface area contributed by atoms with Gasteiger partial charge in [0, 0.05) is 25.3 Å². The molecule has 10 heteroatoms. The Morgan fingerprint density at radius 2 is 2.14 bits per heavy atom. The summed E-state index contributed by atoms with van der Waals surface area (Å²) in [6.45, 7) is 0.0835. The molecule has 0 saturated heterocycles. The van der Waals surface area contributed by atoms with Gasteiger partial charge in [-0.05, 0) is 11.6 Å². The van der Waals surface area contributed by atoms with E-state index in [9.17, 15) is 19.1 Å². The standard InChI is InChI=1S/C12H16N2O7S/c1-22(20,13-12(16)17)8-9-5-10(14(18)19)7-11(6-9)21-4-2-3-15/h5-7,15H,2-4,8H2,1H3,(H,16,17). The van der Waals surface area contributed by atoms with Gasteiger partial charge in [-0.25, -0.2) is 9.00 Å². The van der Waals surface area contributed by atoms with E-state index in [-0.39, 0.29) is 36.0 Å². The predicted molar refractivity (Wildman–Crippen MR) is 78.5 cm³/mol. The number of non-ortho nitro benzene ring substituents is 1. The minimum absolute atomic E-state index is 0.0813. The molecule has 1 unspecified atom stereocenters. The van der Waals surface area contributed by atoms with Gasteiger partial charge in [-0.1, -0.05) is 0 Å².